The zero-order valence-electron chi connectivity index (χ0n) is 17.2. The Morgan fingerprint density at radius 3 is 2.63 bits per heavy atom. The molecule has 0 saturated carbocycles. The van der Waals surface area contributed by atoms with E-state index < -0.39 is 0 Å². The number of rotatable bonds is 6. The summed E-state index contributed by atoms with van der Waals surface area (Å²) in [6, 6.07) is 8.49. The predicted octanol–water partition coefficient (Wildman–Crippen LogP) is 1.16. The third kappa shape index (κ3) is 6.22. The van der Waals surface area contributed by atoms with E-state index in [2.05, 4.69) is 34.4 Å². The highest BCUT2D eigenvalue weighted by Gasteiger charge is 2.23. The second kappa shape index (κ2) is 10.3. The van der Waals surface area contributed by atoms with Crippen molar-refractivity contribution in [2.24, 2.45) is 4.99 Å². The number of hydrogen-bond donors (Lipinski definition) is 2. The van der Waals surface area contributed by atoms with Crippen LogP contribution in [0.25, 0.3) is 0 Å². The first-order chi connectivity index (χ1) is 12.9. The van der Waals surface area contributed by atoms with Gasteiger partial charge in [0, 0.05) is 58.4 Å². The van der Waals surface area contributed by atoms with Gasteiger partial charge in [-0.2, -0.15) is 0 Å². The van der Waals surface area contributed by atoms with Crippen molar-refractivity contribution >= 4 is 11.9 Å². The lowest BCUT2D eigenvalue weighted by atomic mass is 10.1. The van der Waals surface area contributed by atoms with E-state index >= 15 is 0 Å². The van der Waals surface area contributed by atoms with Gasteiger partial charge in [-0.3, -0.25) is 14.7 Å². The van der Waals surface area contributed by atoms with Crippen molar-refractivity contribution in [1.29, 1.82) is 0 Å². The molecule has 1 amide bonds. The molecule has 1 heterocycles. The zero-order chi connectivity index (χ0) is 19.8. The first-order valence-electron chi connectivity index (χ1n) is 9.51. The molecule has 0 spiro atoms. The number of amides is 1. The minimum atomic E-state index is 0.0123. The summed E-state index contributed by atoms with van der Waals surface area (Å²) in [4.78, 5) is 20.3. The molecule has 7 heteroatoms. The number of nitrogens with one attached hydrogen (secondary N) is 2. The zero-order valence-corrected chi connectivity index (χ0v) is 17.2. The number of morpholine rings is 1. The molecule has 0 radical (unpaired) electrons. The highest BCUT2D eigenvalue weighted by atomic mass is 16.5. The molecule has 0 aromatic heterocycles. The topological polar surface area (TPSA) is 69.2 Å². The molecule has 2 unspecified atom stereocenters. The SMILES string of the molecule is CN=C(NCc1ccc(C(=O)N(C)C)cc1)NCC(C)N1CCOCC1C. The lowest BCUT2D eigenvalue weighted by molar-refractivity contribution is -0.0174. The van der Waals surface area contributed by atoms with Gasteiger partial charge in [0.15, 0.2) is 5.96 Å². The van der Waals surface area contributed by atoms with Crippen LogP contribution in [0, 0.1) is 0 Å². The van der Waals surface area contributed by atoms with Gasteiger partial charge in [0.25, 0.3) is 5.91 Å². The second-order valence-electron chi connectivity index (χ2n) is 7.21. The summed E-state index contributed by atoms with van der Waals surface area (Å²) in [5, 5.41) is 6.72. The van der Waals surface area contributed by atoms with E-state index in [1.54, 1.807) is 26.0 Å². The monoisotopic (exact) mass is 375 g/mol. The van der Waals surface area contributed by atoms with Gasteiger partial charge in [-0.1, -0.05) is 12.1 Å². The van der Waals surface area contributed by atoms with Crippen LogP contribution < -0.4 is 10.6 Å². The molecule has 150 valence electrons. The molecule has 2 rings (SSSR count). The number of hydrogen-bond acceptors (Lipinski definition) is 4. The number of carbonyl (C=O) groups is 1. The quantitative estimate of drug-likeness (QED) is 0.577. The Labute approximate surface area is 162 Å². The fourth-order valence-electron chi connectivity index (χ4n) is 3.19. The molecule has 2 N–H and O–H groups in total. The van der Waals surface area contributed by atoms with Crippen LogP contribution in [0.5, 0.6) is 0 Å². The number of guanidine groups is 1. The molecule has 7 nitrogen and oxygen atoms in total. The highest BCUT2D eigenvalue weighted by molar-refractivity contribution is 5.93. The number of carbonyl (C=O) groups excluding carboxylic acids is 1. The van der Waals surface area contributed by atoms with Crippen molar-refractivity contribution in [2.45, 2.75) is 32.5 Å². The van der Waals surface area contributed by atoms with Gasteiger partial charge in [0.05, 0.1) is 13.2 Å². The summed E-state index contributed by atoms with van der Waals surface area (Å²) >= 11 is 0. The molecule has 1 aromatic carbocycles. The average Bonchev–Trinajstić information content (AvgIpc) is 2.68. The summed E-state index contributed by atoms with van der Waals surface area (Å²) in [5.74, 6) is 0.787. The van der Waals surface area contributed by atoms with Crippen LogP contribution in [0.2, 0.25) is 0 Å². The number of ether oxygens (including phenoxy) is 1. The maximum atomic E-state index is 11.9. The van der Waals surface area contributed by atoms with Crippen molar-refractivity contribution in [3.8, 4) is 0 Å². The second-order valence-corrected chi connectivity index (χ2v) is 7.21. The maximum absolute atomic E-state index is 11.9. The third-order valence-electron chi connectivity index (χ3n) is 4.84. The van der Waals surface area contributed by atoms with Crippen molar-refractivity contribution in [1.82, 2.24) is 20.4 Å². The van der Waals surface area contributed by atoms with Gasteiger partial charge >= 0.3 is 0 Å². The Bertz CT molecular complexity index is 630. The first kappa shape index (κ1) is 21.2. The molecule has 1 aromatic rings. The standard InChI is InChI=1S/C20H33N5O2/c1-15(25-10-11-27-14-16(25)2)12-22-20(21-3)23-13-17-6-8-18(9-7-17)19(26)24(4)5/h6-9,15-16H,10-14H2,1-5H3,(H2,21,22,23). The van der Waals surface area contributed by atoms with Crippen LogP contribution >= 0.6 is 0 Å². The molecule has 1 aliphatic rings. The molecule has 1 saturated heterocycles. The Balaban J connectivity index is 1.80. The normalized spacial score (nSPS) is 19.4. The average molecular weight is 376 g/mol. The first-order valence-corrected chi connectivity index (χ1v) is 9.51. The molecular weight excluding hydrogens is 342 g/mol. The van der Waals surface area contributed by atoms with Crippen molar-refractivity contribution in [3.63, 3.8) is 0 Å². The Morgan fingerprint density at radius 1 is 1.33 bits per heavy atom. The van der Waals surface area contributed by atoms with Crippen molar-refractivity contribution in [2.75, 3.05) is 47.4 Å². The summed E-state index contributed by atoms with van der Waals surface area (Å²) in [6.45, 7) is 8.46. The van der Waals surface area contributed by atoms with E-state index in [0.29, 0.717) is 24.2 Å². The molecular formula is C20H33N5O2. The fourth-order valence-corrected chi connectivity index (χ4v) is 3.19. The van der Waals surface area contributed by atoms with Crippen LogP contribution in [0.1, 0.15) is 29.8 Å². The summed E-state index contributed by atoms with van der Waals surface area (Å²) < 4.78 is 5.51. The highest BCUT2D eigenvalue weighted by Crippen LogP contribution is 2.10. The van der Waals surface area contributed by atoms with Crippen molar-refractivity contribution in [3.05, 3.63) is 35.4 Å². The molecule has 1 aliphatic heterocycles. The van der Waals surface area contributed by atoms with Crippen molar-refractivity contribution < 1.29 is 9.53 Å². The van der Waals surface area contributed by atoms with Gasteiger partial charge in [-0.05, 0) is 31.5 Å². The minimum Gasteiger partial charge on any atom is -0.379 e. The third-order valence-corrected chi connectivity index (χ3v) is 4.84. The number of nitrogens with zero attached hydrogens (tertiary/aromatic N) is 3. The van der Waals surface area contributed by atoms with E-state index in [-0.39, 0.29) is 5.91 Å². The lowest BCUT2D eigenvalue weighted by Gasteiger charge is -2.38. The van der Waals surface area contributed by atoms with E-state index in [0.717, 1.165) is 37.8 Å². The summed E-state index contributed by atoms with van der Waals surface area (Å²) in [5.41, 5.74) is 1.79. The van der Waals surface area contributed by atoms with Gasteiger partial charge in [0.1, 0.15) is 0 Å². The van der Waals surface area contributed by atoms with Crippen LogP contribution in [-0.4, -0.2) is 81.2 Å². The summed E-state index contributed by atoms with van der Waals surface area (Å²) in [6.07, 6.45) is 0. The molecule has 0 bridgehead atoms. The van der Waals surface area contributed by atoms with Gasteiger partial charge in [-0.25, -0.2) is 0 Å². The Kier molecular flexibility index (Phi) is 8.06. The van der Waals surface area contributed by atoms with E-state index in [1.807, 2.05) is 24.3 Å². The Hall–Kier alpha value is -2.12. The van der Waals surface area contributed by atoms with Crippen LogP contribution in [0.3, 0.4) is 0 Å². The van der Waals surface area contributed by atoms with Gasteiger partial charge in [0.2, 0.25) is 0 Å². The number of aliphatic imine (C=N–C) groups is 1. The molecule has 2 atom stereocenters. The van der Waals surface area contributed by atoms with E-state index in [4.69, 9.17) is 4.74 Å². The smallest absolute Gasteiger partial charge is 0.253 e. The van der Waals surface area contributed by atoms with Crippen LogP contribution in [0.4, 0.5) is 0 Å². The largest absolute Gasteiger partial charge is 0.379 e. The molecule has 1 fully saturated rings. The summed E-state index contributed by atoms with van der Waals surface area (Å²) in [7, 11) is 5.29. The predicted molar refractivity (Wildman–Crippen MR) is 109 cm³/mol. The van der Waals surface area contributed by atoms with Crippen LogP contribution in [0.15, 0.2) is 29.3 Å². The lowest BCUT2D eigenvalue weighted by Crippen LogP contribution is -2.52. The molecule has 27 heavy (non-hydrogen) atoms. The maximum Gasteiger partial charge on any atom is 0.253 e. The van der Waals surface area contributed by atoms with E-state index in [1.165, 1.54) is 0 Å². The van der Waals surface area contributed by atoms with Crippen LogP contribution in [-0.2, 0) is 11.3 Å². The fraction of sp³-hybridized carbons (Fsp3) is 0.600. The molecule has 0 aliphatic carbocycles. The van der Waals surface area contributed by atoms with Gasteiger partial charge in [-0.15, -0.1) is 0 Å². The Morgan fingerprint density at radius 2 is 2.04 bits per heavy atom. The number of benzene rings is 1. The minimum absolute atomic E-state index is 0.0123. The van der Waals surface area contributed by atoms with Gasteiger partial charge < -0.3 is 20.3 Å². The van der Waals surface area contributed by atoms with E-state index in [9.17, 15) is 4.79 Å².